The number of carbonyl (C=O) groups is 2. The first-order chi connectivity index (χ1) is 12.0. The van der Waals surface area contributed by atoms with Crippen LogP contribution < -0.4 is 0 Å². The summed E-state index contributed by atoms with van der Waals surface area (Å²) in [7, 11) is 0. The Hall–Kier alpha value is -2.95. The van der Waals surface area contributed by atoms with E-state index in [9.17, 15) is 19.1 Å². The van der Waals surface area contributed by atoms with Crippen LogP contribution in [0.4, 0.5) is 4.39 Å². The van der Waals surface area contributed by atoms with Crippen LogP contribution in [-0.4, -0.2) is 28.2 Å². The summed E-state index contributed by atoms with van der Waals surface area (Å²) in [5.41, 5.74) is 1.17. The first-order valence-electron chi connectivity index (χ1n) is 8.04. The minimum Gasteiger partial charge on any atom is -0.503 e. The standard InChI is InChI=1S/C20H18FNO3/c1-13(23)17-18(15-9-5-6-10-16(15)21)22(20(25)19(17)24)12-11-14-7-3-2-4-8-14/h2-10,18,24H,11-12H2,1H3/t18-/m0/s1. The Labute approximate surface area is 145 Å². The van der Waals surface area contributed by atoms with Crippen molar-refractivity contribution in [3.63, 3.8) is 0 Å². The molecule has 5 heteroatoms. The molecule has 0 spiro atoms. The molecule has 0 fully saturated rings. The van der Waals surface area contributed by atoms with Gasteiger partial charge in [-0.25, -0.2) is 4.39 Å². The van der Waals surface area contributed by atoms with Gasteiger partial charge in [0.1, 0.15) is 5.82 Å². The number of rotatable bonds is 5. The Morgan fingerprint density at radius 1 is 1.12 bits per heavy atom. The predicted molar refractivity (Wildman–Crippen MR) is 91.3 cm³/mol. The molecular weight excluding hydrogens is 321 g/mol. The lowest BCUT2D eigenvalue weighted by atomic mass is 9.96. The molecular formula is C20H18FNO3. The second kappa shape index (κ2) is 6.89. The maximum absolute atomic E-state index is 14.3. The molecule has 2 aromatic carbocycles. The van der Waals surface area contributed by atoms with Crippen LogP contribution in [0.15, 0.2) is 65.9 Å². The zero-order valence-electron chi connectivity index (χ0n) is 13.8. The van der Waals surface area contributed by atoms with Crippen LogP contribution >= 0.6 is 0 Å². The maximum Gasteiger partial charge on any atom is 0.290 e. The molecule has 1 heterocycles. The molecule has 1 aliphatic heterocycles. The molecule has 1 amide bonds. The molecule has 1 aliphatic rings. The highest BCUT2D eigenvalue weighted by atomic mass is 19.1. The highest BCUT2D eigenvalue weighted by Gasteiger charge is 2.42. The van der Waals surface area contributed by atoms with Crippen molar-refractivity contribution in [2.75, 3.05) is 6.54 Å². The first kappa shape index (κ1) is 16.9. The molecule has 0 aliphatic carbocycles. The maximum atomic E-state index is 14.3. The summed E-state index contributed by atoms with van der Waals surface area (Å²) in [6.45, 7) is 1.54. The molecule has 25 heavy (non-hydrogen) atoms. The molecule has 2 aromatic rings. The number of hydrogen-bond acceptors (Lipinski definition) is 3. The quantitative estimate of drug-likeness (QED) is 0.909. The van der Waals surface area contributed by atoms with Crippen molar-refractivity contribution in [3.8, 4) is 0 Å². The second-order valence-electron chi connectivity index (χ2n) is 5.98. The van der Waals surface area contributed by atoms with Crippen molar-refractivity contribution in [3.05, 3.63) is 82.9 Å². The number of amides is 1. The van der Waals surface area contributed by atoms with E-state index < -0.39 is 29.3 Å². The van der Waals surface area contributed by atoms with Crippen LogP contribution in [0.25, 0.3) is 0 Å². The molecule has 0 unspecified atom stereocenters. The van der Waals surface area contributed by atoms with Crippen molar-refractivity contribution in [1.82, 2.24) is 4.90 Å². The molecule has 0 saturated heterocycles. The van der Waals surface area contributed by atoms with Crippen LogP contribution in [0.1, 0.15) is 24.1 Å². The van der Waals surface area contributed by atoms with Crippen molar-refractivity contribution < 1.29 is 19.1 Å². The van der Waals surface area contributed by atoms with Gasteiger partial charge in [-0.15, -0.1) is 0 Å². The second-order valence-corrected chi connectivity index (χ2v) is 5.98. The van der Waals surface area contributed by atoms with E-state index in [2.05, 4.69) is 0 Å². The number of aliphatic hydroxyl groups excluding tert-OH is 1. The lowest BCUT2D eigenvalue weighted by Crippen LogP contribution is -2.33. The van der Waals surface area contributed by atoms with Gasteiger partial charge in [0.2, 0.25) is 0 Å². The fourth-order valence-electron chi connectivity index (χ4n) is 3.16. The molecule has 0 radical (unpaired) electrons. The van der Waals surface area contributed by atoms with Crippen molar-refractivity contribution in [2.45, 2.75) is 19.4 Å². The summed E-state index contributed by atoms with van der Waals surface area (Å²) in [6, 6.07) is 14.6. The van der Waals surface area contributed by atoms with E-state index in [1.807, 2.05) is 30.3 Å². The third-order valence-electron chi connectivity index (χ3n) is 4.37. The average Bonchev–Trinajstić information content (AvgIpc) is 2.85. The Bertz CT molecular complexity index is 845. The van der Waals surface area contributed by atoms with E-state index in [-0.39, 0.29) is 17.7 Å². The van der Waals surface area contributed by atoms with Gasteiger partial charge in [-0.05, 0) is 25.0 Å². The zero-order chi connectivity index (χ0) is 18.0. The number of nitrogens with zero attached hydrogens (tertiary/aromatic N) is 1. The predicted octanol–water partition coefficient (Wildman–Crippen LogP) is 3.35. The average molecular weight is 339 g/mol. The normalized spacial score (nSPS) is 17.3. The summed E-state index contributed by atoms with van der Waals surface area (Å²) in [5.74, 6) is -2.19. The Kier molecular flexibility index (Phi) is 4.65. The summed E-state index contributed by atoms with van der Waals surface area (Å²) >= 11 is 0. The summed E-state index contributed by atoms with van der Waals surface area (Å²) in [4.78, 5) is 25.8. The van der Waals surface area contributed by atoms with Gasteiger partial charge in [0.15, 0.2) is 11.5 Å². The summed E-state index contributed by atoms with van der Waals surface area (Å²) in [5, 5.41) is 10.2. The lowest BCUT2D eigenvalue weighted by Gasteiger charge is -2.27. The number of ketones is 1. The molecule has 3 rings (SSSR count). The topological polar surface area (TPSA) is 57.6 Å². The SMILES string of the molecule is CC(=O)C1=C(O)C(=O)N(CCc2ccccc2)[C@H]1c1ccccc1F. The molecule has 4 nitrogen and oxygen atoms in total. The lowest BCUT2D eigenvalue weighted by molar-refractivity contribution is -0.129. The van der Waals surface area contributed by atoms with Gasteiger partial charge >= 0.3 is 0 Å². The van der Waals surface area contributed by atoms with Crippen LogP contribution in [0.3, 0.4) is 0 Å². The van der Waals surface area contributed by atoms with Crippen molar-refractivity contribution in [1.29, 1.82) is 0 Å². The molecule has 128 valence electrons. The summed E-state index contributed by atoms with van der Waals surface area (Å²) < 4.78 is 14.3. The van der Waals surface area contributed by atoms with Gasteiger partial charge in [-0.1, -0.05) is 48.5 Å². The zero-order valence-corrected chi connectivity index (χ0v) is 13.8. The Balaban J connectivity index is 1.97. The number of benzene rings is 2. The molecule has 1 N–H and O–H groups in total. The molecule has 1 atom stereocenters. The number of halogens is 1. The first-order valence-corrected chi connectivity index (χ1v) is 8.04. The van der Waals surface area contributed by atoms with Gasteiger partial charge in [0.25, 0.3) is 5.91 Å². The number of Topliss-reactive ketones (excluding diaryl/α,β-unsaturated/α-hetero) is 1. The molecule has 0 saturated carbocycles. The van der Waals surface area contributed by atoms with E-state index in [4.69, 9.17) is 0 Å². The summed E-state index contributed by atoms with van der Waals surface area (Å²) in [6.07, 6.45) is 0.538. The van der Waals surface area contributed by atoms with Crippen molar-refractivity contribution >= 4 is 11.7 Å². The Morgan fingerprint density at radius 2 is 1.76 bits per heavy atom. The van der Waals surface area contributed by atoms with Crippen LogP contribution in [-0.2, 0) is 16.0 Å². The fourth-order valence-corrected chi connectivity index (χ4v) is 3.16. The smallest absolute Gasteiger partial charge is 0.290 e. The number of carbonyl (C=O) groups excluding carboxylic acids is 2. The van der Waals surface area contributed by atoms with Crippen LogP contribution in [0, 0.1) is 5.82 Å². The fraction of sp³-hybridized carbons (Fsp3) is 0.200. The highest BCUT2D eigenvalue weighted by molar-refractivity contribution is 6.08. The third-order valence-corrected chi connectivity index (χ3v) is 4.37. The van der Waals surface area contributed by atoms with E-state index in [0.717, 1.165) is 5.56 Å². The minimum atomic E-state index is -0.907. The van der Waals surface area contributed by atoms with Gasteiger partial charge in [-0.3, -0.25) is 9.59 Å². The molecule has 0 bridgehead atoms. The van der Waals surface area contributed by atoms with Gasteiger partial charge in [-0.2, -0.15) is 0 Å². The van der Waals surface area contributed by atoms with Crippen LogP contribution in [0.5, 0.6) is 0 Å². The minimum absolute atomic E-state index is 0.0526. The van der Waals surface area contributed by atoms with Gasteiger partial charge < -0.3 is 10.0 Å². The monoisotopic (exact) mass is 339 g/mol. The van der Waals surface area contributed by atoms with E-state index in [1.165, 1.54) is 24.0 Å². The van der Waals surface area contributed by atoms with E-state index in [1.54, 1.807) is 12.1 Å². The number of hydrogen-bond donors (Lipinski definition) is 1. The van der Waals surface area contributed by atoms with Crippen LogP contribution in [0.2, 0.25) is 0 Å². The van der Waals surface area contributed by atoms with Crippen molar-refractivity contribution in [2.24, 2.45) is 0 Å². The molecule has 0 aromatic heterocycles. The van der Waals surface area contributed by atoms with E-state index in [0.29, 0.717) is 6.42 Å². The van der Waals surface area contributed by atoms with E-state index >= 15 is 0 Å². The highest BCUT2D eigenvalue weighted by Crippen LogP contribution is 2.38. The third kappa shape index (κ3) is 3.18. The van der Waals surface area contributed by atoms with Gasteiger partial charge in [0, 0.05) is 12.1 Å². The largest absolute Gasteiger partial charge is 0.503 e. The number of aliphatic hydroxyl groups is 1. The van der Waals surface area contributed by atoms with Gasteiger partial charge in [0.05, 0.1) is 11.6 Å². The Morgan fingerprint density at radius 3 is 2.40 bits per heavy atom.